The van der Waals surface area contributed by atoms with Crippen LogP contribution in [0.1, 0.15) is 12.8 Å². The number of hydrogen-bond acceptors (Lipinski definition) is 3. The van der Waals surface area contributed by atoms with Crippen LogP contribution in [0.2, 0.25) is 0 Å². The van der Waals surface area contributed by atoms with E-state index < -0.39 is 0 Å². The molecule has 2 saturated heterocycles. The van der Waals surface area contributed by atoms with Crippen molar-refractivity contribution in [1.29, 1.82) is 0 Å². The van der Waals surface area contributed by atoms with Gasteiger partial charge in [-0.15, -0.1) is 11.8 Å². The molecule has 13 heavy (non-hydrogen) atoms. The van der Waals surface area contributed by atoms with Gasteiger partial charge in [0.25, 0.3) is 0 Å². The van der Waals surface area contributed by atoms with Crippen molar-refractivity contribution in [2.75, 3.05) is 25.4 Å². The average Bonchev–Trinajstić information content (AvgIpc) is 2.53. The minimum Gasteiger partial charge on any atom is -0.396 e. The lowest BCUT2D eigenvalue weighted by atomic mass is 10.0. The second kappa shape index (κ2) is 3.88. The van der Waals surface area contributed by atoms with E-state index >= 15 is 0 Å². The highest BCUT2D eigenvalue weighted by Crippen LogP contribution is 2.29. The maximum atomic E-state index is 11.7. The van der Waals surface area contributed by atoms with Gasteiger partial charge in [0.1, 0.15) is 0 Å². The van der Waals surface area contributed by atoms with E-state index in [2.05, 4.69) is 0 Å². The number of aliphatic hydroxyl groups is 1. The van der Waals surface area contributed by atoms with Gasteiger partial charge in [-0.25, -0.2) is 0 Å². The van der Waals surface area contributed by atoms with Crippen LogP contribution in [-0.2, 0) is 4.79 Å². The Morgan fingerprint density at radius 3 is 2.85 bits per heavy atom. The van der Waals surface area contributed by atoms with E-state index in [1.54, 1.807) is 11.8 Å². The Balaban J connectivity index is 1.78. The van der Waals surface area contributed by atoms with Gasteiger partial charge >= 0.3 is 0 Å². The van der Waals surface area contributed by atoms with Gasteiger partial charge in [0, 0.05) is 25.6 Å². The molecule has 2 aliphatic heterocycles. The van der Waals surface area contributed by atoms with Gasteiger partial charge in [0.05, 0.1) is 5.25 Å². The Kier molecular flexibility index (Phi) is 2.79. The fourth-order valence-electron chi connectivity index (χ4n) is 1.84. The zero-order valence-corrected chi connectivity index (χ0v) is 8.42. The number of carbonyl (C=O) groups excluding carboxylic acids is 1. The van der Waals surface area contributed by atoms with E-state index in [0.717, 1.165) is 25.3 Å². The molecule has 74 valence electrons. The fourth-order valence-corrected chi connectivity index (χ4v) is 3.08. The molecule has 1 N–H and O–H groups in total. The Morgan fingerprint density at radius 1 is 1.54 bits per heavy atom. The molecule has 0 saturated carbocycles. The highest BCUT2D eigenvalue weighted by Gasteiger charge is 2.35. The van der Waals surface area contributed by atoms with Gasteiger partial charge in [0.2, 0.25) is 5.91 Å². The molecule has 2 heterocycles. The lowest BCUT2D eigenvalue weighted by molar-refractivity contribution is -0.137. The van der Waals surface area contributed by atoms with Crippen molar-refractivity contribution in [1.82, 2.24) is 4.90 Å². The molecular formula is C9H15NO2S. The van der Waals surface area contributed by atoms with E-state index in [1.807, 2.05) is 4.90 Å². The maximum Gasteiger partial charge on any atom is 0.235 e. The lowest BCUT2D eigenvalue weighted by Gasteiger charge is -2.39. The maximum absolute atomic E-state index is 11.7. The predicted molar refractivity (Wildman–Crippen MR) is 52.6 cm³/mol. The highest BCUT2D eigenvalue weighted by atomic mass is 32.2. The summed E-state index contributed by atoms with van der Waals surface area (Å²) < 4.78 is 0. The van der Waals surface area contributed by atoms with E-state index in [4.69, 9.17) is 5.11 Å². The molecule has 2 aliphatic rings. The molecule has 0 spiro atoms. The van der Waals surface area contributed by atoms with Crippen molar-refractivity contribution >= 4 is 17.7 Å². The summed E-state index contributed by atoms with van der Waals surface area (Å²) in [7, 11) is 0. The molecular weight excluding hydrogens is 186 g/mol. The van der Waals surface area contributed by atoms with Gasteiger partial charge in [0.15, 0.2) is 0 Å². The number of thioether (sulfide) groups is 1. The summed E-state index contributed by atoms with van der Waals surface area (Å²) in [4.78, 5) is 13.6. The predicted octanol–water partition coefficient (Wildman–Crippen LogP) is 0.333. The van der Waals surface area contributed by atoms with Gasteiger partial charge in [-0.05, 0) is 18.6 Å². The monoisotopic (exact) mass is 201 g/mol. The first-order valence-corrected chi connectivity index (χ1v) is 5.87. The van der Waals surface area contributed by atoms with Crippen LogP contribution >= 0.6 is 11.8 Å². The fraction of sp³-hybridized carbons (Fsp3) is 0.889. The topological polar surface area (TPSA) is 40.5 Å². The molecule has 0 bridgehead atoms. The molecule has 0 aromatic rings. The summed E-state index contributed by atoms with van der Waals surface area (Å²) in [6, 6.07) is 0. The Bertz CT molecular complexity index is 198. The smallest absolute Gasteiger partial charge is 0.235 e. The molecule has 4 heteroatoms. The van der Waals surface area contributed by atoms with E-state index in [1.165, 1.54) is 6.42 Å². The summed E-state index contributed by atoms with van der Waals surface area (Å²) in [5.74, 6) is 1.77. The summed E-state index contributed by atoms with van der Waals surface area (Å²) in [6.07, 6.45) is 2.22. The standard InChI is InChI=1S/C9H15NO2S/c11-6-7-4-10(5-7)9(12)8-2-1-3-13-8/h7-8,11H,1-6H2. The molecule has 0 aliphatic carbocycles. The first kappa shape index (κ1) is 9.34. The minimum absolute atomic E-state index is 0.222. The van der Waals surface area contributed by atoms with Crippen molar-refractivity contribution in [3.8, 4) is 0 Å². The molecule has 0 radical (unpaired) electrons. The van der Waals surface area contributed by atoms with Gasteiger partial charge in [-0.3, -0.25) is 4.79 Å². The van der Waals surface area contributed by atoms with Crippen molar-refractivity contribution in [3.63, 3.8) is 0 Å². The van der Waals surface area contributed by atoms with E-state index in [0.29, 0.717) is 11.8 Å². The number of carbonyl (C=O) groups is 1. The van der Waals surface area contributed by atoms with Gasteiger partial charge < -0.3 is 10.0 Å². The molecule has 0 aromatic carbocycles. The SMILES string of the molecule is O=C(C1CCCS1)N1CC(CO)C1. The van der Waals surface area contributed by atoms with Crippen molar-refractivity contribution < 1.29 is 9.90 Å². The third kappa shape index (κ3) is 1.83. The molecule has 0 aromatic heterocycles. The molecule has 3 nitrogen and oxygen atoms in total. The normalized spacial score (nSPS) is 29.0. The van der Waals surface area contributed by atoms with Gasteiger partial charge in [-0.2, -0.15) is 0 Å². The number of nitrogens with zero attached hydrogens (tertiary/aromatic N) is 1. The summed E-state index contributed by atoms with van der Waals surface area (Å²) in [6.45, 7) is 1.76. The van der Waals surface area contributed by atoms with E-state index in [9.17, 15) is 4.79 Å². The number of amides is 1. The summed E-state index contributed by atoms with van der Waals surface area (Å²) in [5, 5.41) is 9.03. The quantitative estimate of drug-likeness (QED) is 0.700. The molecule has 1 amide bonds. The average molecular weight is 201 g/mol. The van der Waals surface area contributed by atoms with Crippen molar-refractivity contribution in [3.05, 3.63) is 0 Å². The summed E-state index contributed by atoms with van der Waals surface area (Å²) in [5.41, 5.74) is 0. The second-order valence-electron chi connectivity index (χ2n) is 3.79. The largest absolute Gasteiger partial charge is 0.396 e. The van der Waals surface area contributed by atoms with Crippen LogP contribution in [0.5, 0.6) is 0 Å². The van der Waals surface area contributed by atoms with Crippen molar-refractivity contribution in [2.24, 2.45) is 5.92 Å². The van der Waals surface area contributed by atoms with Crippen LogP contribution in [-0.4, -0.2) is 46.6 Å². The van der Waals surface area contributed by atoms with Crippen LogP contribution in [0.4, 0.5) is 0 Å². The van der Waals surface area contributed by atoms with Crippen LogP contribution in [0.3, 0.4) is 0 Å². The molecule has 2 fully saturated rings. The molecule has 1 unspecified atom stereocenters. The number of rotatable bonds is 2. The van der Waals surface area contributed by atoms with Crippen LogP contribution in [0, 0.1) is 5.92 Å². The highest BCUT2D eigenvalue weighted by molar-refractivity contribution is 8.00. The zero-order chi connectivity index (χ0) is 9.26. The van der Waals surface area contributed by atoms with Crippen LogP contribution in [0.15, 0.2) is 0 Å². The lowest BCUT2D eigenvalue weighted by Crippen LogP contribution is -2.53. The molecule has 1 atom stereocenters. The third-order valence-electron chi connectivity index (χ3n) is 2.73. The number of hydrogen-bond donors (Lipinski definition) is 1. The van der Waals surface area contributed by atoms with E-state index in [-0.39, 0.29) is 11.9 Å². The van der Waals surface area contributed by atoms with Crippen LogP contribution in [0.25, 0.3) is 0 Å². The number of aliphatic hydroxyl groups excluding tert-OH is 1. The molecule has 2 rings (SSSR count). The Hall–Kier alpha value is -0.220. The second-order valence-corrected chi connectivity index (χ2v) is 5.10. The third-order valence-corrected chi connectivity index (χ3v) is 4.10. The first-order chi connectivity index (χ1) is 6.31. The Morgan fingerprint density at radius 2 is 2.31 bits per heavy atom. The first-order valence-electron chi connectivity index (χ1n) is 4.82. The van der Waals surface area contributed by atoms with Gasteiger partial charge in [-0.1, -0.05) is 0 Å². The minimum atomic E-state index is 0.222. The zero-order valence-electron chi connectivity index (χ0n) is 7.61. The number of likely N-dealkylation sites (tertiary alicyclic amines) is 1. The van der Waals surface area contributed by atoms with Crippen LogP contribution < -0.4 is 0 Å². The van der Waals surface area contributed by atoms with Crippen molar-refractivity contribution in [2.45, 2.75) is 18.1 Å². The summed E-state index contributed by atoms with van der Waals surface area (Å²) >= 11 is 1.78. The Labute approximate surface area is 82.5 Å².